The number of hydrogen-bond acceptors (Lipinski definition) is 1. The van der Waals surface area contributed by atoms with Gasteiger partial charge in [0.2, 0.25) is 0 Å². The van der Waals surface area contributed by atoms with Crippen LogP contribution in [0.25, 0.3) is 6.08 Å². The lowest BCUT2D eigenvalue weighted by atomic mass is 10.1. The summed E-state index contributed by atoms with van der Waals surface area (Å²) in [5.41, 5.74) is 2.82. The van der Waals surface area contributed by atoms with Crippen LogP contribution in [0, 0.1) is 0 Å². The Morgan fingerprint density at radius 1 is 0.957 bits per heavy atom. The molecule has 0 radical (unpaired) electrons. The van der Waals surface area contributed by atoms with Crippen molar-refractivity contribution in [3.8, 4) is 0 Å². The molecule has 1 aromatic rings. The third kappa shape index (κ3) is 6.18. The summed E-state index contributed by atoms with van der Waals surface area (Å²) in [4.78, 5) is 0. The molecule has 0 saturated heterocycles. The summed E-state index contributed by atoms with van der Waals surface area (Å²) in [6.45, 7) is 21.7. The zero-order chi connectivity index (χ0) is 17.9. The fraction of sp³-hybridized carbons (Fsp3) is 0.579. The Morgan fingerprint density at radius 2 is 1.52 bits per heavy atom. The minimum atomic E-state index is -1.28. The van der Waals surface area contributed by atoms with Crippen molar-refractivity contribution in [2.75, 3.05) is 7.05 Å². The Balaban J connectivity index is 2.77. The molecular weight excluding hydrogens is 326 g/mol. The predicted octanol–water partition coefficient (Wildman–Crippen LogP) is 6.09. The summed E-state index contributed by atoms with van der Waals surface area (Å²) in [5.74, 6) is 0. The van der Waals surface area contributed by atoms with E-state index in [9.17, 15) is 0 Å². The third-order valence-corrected chi connectivity index (χ3v) is 17.8. The molecule has 0 unspecified atom stereocenters. The van der Waals surface area contributed by atoms with E-state index in [1.165, 1.54) is 29.3 Å². The highest BCUT2D eigenvalue weighted by molar-refractivity contribution is 6.91. The van der Waals surface area contributed by atoms with E-state index in [-0.39, 0.29) is 0 Å². The molecule has 0 fully saturated rings. The summed E-state index contributed by atoms with van der Waals surface area (Å²) in [6, 6.07) is 12.9. The van der Waals surface area contributed by atoms with Crippen molar-refractivity contribution >= 4 is 30.6 Å². The Hall–Kier alpha value is -0.429. The van der Waals surface area contributed by atoms with Crippen molar-refractivity contribution in [2.45, 2.75) is 64.0 Å². The van der Waals surface area contributed by atoms with Crippen LogP contribution in [0.2, 0.25) is 57.9 Å². The van der Waals surface area contributed by atoms with Crippen molar-refractivity contribution in [1.82, 2.24) is 4.23 Å². The van der Waals surface area contributed by atoms with Gasteiger partial charge in [-0.2, -0.15) is 0 Å². The first-order valence-corrected chi connectivity index (χ1v) is 18.8. The molecule has 0 aromatic heterocycles. The lowest BCUT2D eigenvalue weighted by Gasteiger charge is -2.43. The average molecular weight is 364 g/mol. The Kier molecular flexibility index (Phi) is 6.85. The van der Waals surface area contributed by atoms with Gasteiger partial charge in [0.1, 0.15) is 16.5 Å². The zero-order valence-corrected chi connectivity index (χ0v) is 19.7. The quantitative estimate of drug-likeness (QED) is 0.505. The summed E-state index contributed by atoms with van der Waals surface area (Å²) >= 11 is 0. The SMILES string of the molecule is C=Cc1ccccc1C[Si](C)(C)CC[Si](C)(C)N(C)[Si](C)(C)C. The van der Waals surface area contributed by atoms with Gasteiger partial charge >= 0.3 is 0 Å². The van der Waals surface area contributed by atoms with Crippen LogP contribution in [-0.4, -0.2) is 35.8 Å². The van der Waals surface area contributed by atoms with Crippen LogP contribution in [0.4, 0.5) is 0 Å². The zero-order valence-electron chi connectivity index (χ0n) is 16.7. The minimum Gasteiger partial charge on any atom is -0.348 e. The highest BCUT2D eigenvalue weighted by Gasteiger charge is 2.36. The Morgan fingerprint density at radius 3 is 2.04 bits per heavy atom. The lowest BCUT2D eigenvalue weighted by Crippen LogP contribution is -2.58. The fourth-order valence-electron chi connectivity index (χ4n) is 3.22. The van der Waals surface area contributed by atoms with Gasteiger partial charge in [-0.1, -0.05) is 88.8 Å². The van der Waals surface area contributed by atoms with Gasteiger partial charge in [-0.15, -0.1) is 0 Å². The molecule has 0 amide bonds. The van der Waals surface area contributed by atoms with Crippen LogP contribution < -0.4 is 0 Å². The molecule has 1 rings (SSSR count). The molecule has 4 heteroatoms. The second-order valence-corrected chi connectivity index (χ2v) is 24.7. The van der Waals surface area contributed by atoms with Gasteiger partial charge in [0.25, 0.3) is 0 Å². The first-order chi connectivity index (χ1) is 10.4. The maximum Gasteiger partial charge on any atom is 0.115 e. The van der Waals surface area contributed by atoms with E-state index in [0.717, 1.165) is 0 Å². The maximum absolute atomic E-state index is 3.98. The molecule has 0 spiro atoms. The number of hydrogen-bond donors (Lipinski definition) is 0. The van der Waals surface area contributed by atoms with Crippen LogP contribution in [0.15, 0.2) is 30.8 Å². The first kappa shape index (κ1) is 20.6. The molecule has 130 valence electrons. The van der Waals surface area contributed by atoms with E-state index in [1.807, 2.05) is 6.08 Å². The van der Waals surface area contributed by atoms with E-state index in [0.29, 0.717) is 0 Å². The molecule has 0 heterocycles. The molecule has 0 aliphatic rings. The largest absolute Gasteiger partial charge is 0.348 e. The summed E-state index contributed by atoms with van der Waals surface area (Å²) in [5, 5.41) is 0. The van der Waals surface area contributed by atoms with Gasteiger partial charge in [-0.25, -0.2) is 0 Å². The number of benzene rings is 1. The van der Waals surface area contributed by atoms with Crippen LogP contribution in [-0.2, 0) is 6.04 Å². The average Bonchev–Trinajstić information content (AvgIpc) is 2.44. The summed E-state index contributed by atoms with van der Waals surface area (Å²) < 4.78 is 2.81. The van der Waals surface area contributed by atoms with Gasteiger partial charge < -0.3 is 4.23 Å². The van der Waals surface area contributed by atoms with Crippen molar-refractivity contribution in [2.24, 2.45) is 0 Å². The Labute approximate surface area is 148 Å². The summed E-state index contributed by atoms with van der Waals surface area (Å²) in [7, 11) is -1.31. The monoisotopic (exact) mass is 363 g/mol. The van der Waals surface area contributed by atoms with Crippen molar-refractivity contribution in [1.29, 1.82) is 0 Å². The molecule has 0 atom stereocenters. The van der Waals surface area contributed by atoms with Gasteiger partial charge in [0.05, 0.1) is 8.07 Å². The highest BCUT2D eigenvalue weighted by atomic mass is 28.4. The molecule has 0 saturated carbocycles. The molecule has 0 aliphatic heterocycles. The van der Waals surface area contributed by atoms with E-state index in [4.69, 9.17) is 0 Å². The van der Waals surface area contributed by atoms with Crippen molar-refractivity contribution < 1.29 is 0 Å². The van der Waals surface area contributed by atoms with E-state index in [2.05, 4.69) is 88.0 Å². The van der Waals surface area contributed by atoms with E-state index < -0.39 is 24.5 Å². The Bertz CT molecular complexity index is 530. The van der Waals surface area contributed by atoms with Crippen LogP contribution in [0.5, 0.6) is 0 Å². The predicted molar refractivity (Wildman–Crippen MR) is 116 cm³/mol. The van der Waals surface area contributed by atoms with Gasteiger partial charge in [0.15, 0.2) is 0 Å². The standard InChI is InChI=1S/C19H37NSi3/c1-10-18-13-11-12-14-19(18)17-22(6,7)15-16-23(8,9)20(2)21(3,4)5/h10-14H,1,15-17H2,2-9H3. The van der Waals surface area contributed by atoms with Gasteiger partial charge in [-0.3, -0.25) is 0 Å². The van der Waals surface area contributed by atoms with Crippen LogP contribution >= 0.6 is 0 Å². The second kappa shape index (κ2) is 7.64. The minimum absolute atomic E-state index is 1.18. The van der Waals surface area contributed by atoms with Gasteiger partial charge in [-0.05, 0) is 30.3 Å². The molecule has 0 aliphatic carbocycles. The lowest BCUT2D eigenvalue weighted by molar-refractivity contribution is 0.745. The van der Waals surface area contributed by atoms with Crippen molar-refractivity contribution in [3.05, 3.63) is 42.0 Å². The van der Waals surface area contributed by atoms with E-state index in [1.54, 1.807) is 0 Å². The molecule has 0 bridgehead atoms. The fourth-order valence-corrected chi connectivity index (χ4v) is 17.8. The molecular formula is C19H37NSi3. The summed E-state index contributed by atoms with van der Waals surface area (Å²) in [6.07, 6.45) is 2.01. The maximum atomic E-state index is 3.98. The second-order valence-electron chi connectivity index (χ2n) is 9.29. The number of rotatable bonds is 8. The van der Waals surface area contributed by atoms with E-state index >= 15 is 0 Å². The van der Waals surface area contributed by atoms with Crippen molar-refractivity contribution in [3.63, 3.8) is 0 Å². The normalized spacial score (nSPS) is 13.4. The topological polar surface area (TPSA) is 3.24 Å². The molecule has 0 N–H and O–H groups in total. The molecule has 1 aromatic carbocycles. The van der Waals surface area contributed by atoms with Crippen LogP contribution in [0.3, 0.4) is 0 Å². The molecule has 1 nitrogen and oxygen atoms in total. The smallest absolute Gasteiger partial charge is 0.115 e. The third-order valence-electron chi connectivity index (χ3n) is 5.27. The molecule has 23 heavy (non-hydrogen) atoms. The first-order valence-electron chi connectivity index (χ1n) is 8.83. The van der Waals surface area contributed by atoms with Crippen LogP contribution in [0.1, 0.15) is 11.1 Å². The van der Waals surface area contributed by atoms with Gasteiger partial charge in [0, 0.05) is 0 Å². The highest BCUT2D eigenvalue weighted by Crippen LogP contribution is 2.28. The number of nitrogens with zero attached hydrogens (tertiary/aromatic N) is 1.